The van der Waals surface area contributed by atoms with Crippen LogP contribution in [0.1, 0.15) is 40.2 Å². The fourth-order valence-electron chi connectivity index (χ4n) is 3.77. The summed E-state index contributed by atoms with van der Waals surface area (Å²) in [5, 5.41) is 10.7. The Bertz CT molecular complexity index is 1120. The van der Waals surface area contributed by atoms with E-state index < -0.39 is 17.6 Å². The molecule has 162 valence electrons. The summed E-state index contributed by atoms with van der Waals surface area (Å²) in [6.45, 7) is 5.11. The normalized spacial score (nSPS) is 14.2. The van der Waals surface area contributed by atoms with Crippen LogP contribution < -0.4 is 10.2 Å². The van der Waals surface area contributed by atoms with Crippen molar-refractivity contribution in [3.63, 3.8) is 0 Å². The van der Waals surface area contributed by atoms with E-state index in [1.54, 1.807) is 6.92 Å². The van der Waals surface area contributed by atoms with Crippen molar-refractivity contribution in [1.82, 2.24) is 15.0 Å². The number of halogens is 3. The van der Waals surface area contributed by atoms with Crippen molar-refractivity contribution < 1.29 is 18.0 Å². The third-order valence-corrected chi connectivity index (χ3v) is 5.37. The molecule has 0 bridgehead atoms. The minimum absolute atomic E-state index is 0.0614. The first kappa shape index (κ1) is 20.9. The predicted molar refractivity (Wildman–Crippen MR) is 112 cm³/mol. The van der Waals surface area contributed by atoms with E-state index in [1.807, 2.05) is 36.1 Å². The van der Waals surface area contributed by atoms with Crippen molar-refractivity contribution in [3.05, 3.63) is 65.0 Å². The number of hydrogen-bond donors (Lipinski definition) is 1. The van der Waals surface area contributed by atoms with Gasteiger partial charge in [-0.2, -0.15) is 13.2 Å². The van der Waals surface area contributed by atoms with Gasteiger partial charge in [0.2, 0.25) is 0 Å². The molecule has 9 heteroatoms. The predicted octanol–water partition coefficient (Wildman–Crippen LogP) is 4.76. The summed E-state index contributed by atoms with van der Waals surface area (Å²) in [5.41, 5.74) is 2.21. The second kappa shape index (κ2) is 8.05. The van der Waals surface area contributed by atoms with Gasteiger partial charge in [0.25, 0.3) is 5.91 Å². The summed E-state index contributed by atoms with van der Waals surface area (Å²) in [6.07, 6.45) is -2.59. The monoisotopic (exact) mass is 429 g/mol. The summed E-state index contributed by atoms with van der Waals surface area (Å²) >= 11 is 0. The van der Waals surface area contributed by atoms with Gasteiger partial charge in [-0.25, -0.2) is 4.68 Å². The highest BCUT2D eigenvalue weighted by atomic mass is 19.4. The van der Waals surface area contributed by atoms with Crippen LogP contribution >= 0.6 is 0 Å². The van der Waals surface area contributed by atoms with Crippen LogP contribution in [0.25, 0.3) is 5.69 Å². The molecule has 0 aliphatic carbocycles. The van der Waals surface area contributed by atoms with Crippen LogP contribution in [0.4, 0.5) is 24.5 Å². The molecule has 0 atom stereocenters. The smallest absolute Gasteiger partial charge is 0.370 e. The van der Waals surface area contributed by atoms with Crippen molar-refractivity contribution in [3.8, 4) is 5.69 Å². The van der Waals surface area contributed by atoms with E-state index in [1.165, 1.54) is 10.7 Å². The number of rotatable bonds is 4. The number of nitrogens with zero attached hydrogens (tertiary/aromatic N) is 4. The summed E-state index contributed by atoms with van der Waals surface area (Å²) in [5.74, 6) is -0.601. The number of benzene rings is 2. The van der Waals surface area contributed by atoms with Crippen LogP contribution in [0.5, 0.6) is 0 Å². The lowest BCUT2D eigenvalue weighted by Crippen LogP contribution is -2.22. The molecule has 0 unspecified atom stereocenters. The SMILES string of the molecule is Cc1cccc(-n2nnc(C(=O)Nc3cc(C(F)(F)F)ccc3N3CCCC3)c2C)c1. The molecule has 2 aromatic carbocycles. The molecule has 1 N–H and O–H groups in total. The molecule has 0 radical (unpaired) electrons. The molecule has 1 amide bonds. The van der Waals surface area contributed by atoms with E-state index in [9.17, 15) is 18.0 Å². The van der Waals surface area contributed by atoms with Gasteiger partial charge in [0.1, 0.15) is 0 Å². The van der Waals surface area contributed by atoms with Gasteiger partial charge in [0.05, 0.1) is 28.3 Å². The Morgan fingerprint density at radius 3 is 2.48 bits per heavy atom. The van der Waals surface area contributed by atoms with Crippen molar-refractivity contribution in [2.75, 3.05) is 23.3 Å². The largest absolute Gasteiger partial charge is 0.416 e. The Kier molecular flexibility index (Phi) is 5.43. The number of carbonyl (C=O) groups is 1. The average molecular weight is 429 g/mol. The van der Waals surface area contributed by atoms with Crippen LogP contribution in [0.15, 0.2) is 42.5 Å². The van der Waals surface area contributed by atoms with Crippen molar-refractivity contribution in [1.29, 1.82) is 0 Å². The Hall–Kier alpha value is -3.36. The van der Waals surface area contributed by atoms with Gasteiger partial charge < -0.3 is 10.2 Å². The van der Waals surface area contributed by atoms with Gasteiger partial charge in [0, 0.05) is 13.1 Å². The van der Waals surface area contributed by atoms with Gasteiger partial charge in [-0.3, -0.25) is 4.79 Å². The molecule has 1 aliphatic rings. The van der Waals surface area contributed by atoms with Crippen LogP contribution in [-0.4, -0.2) is 34.0 Å². The summed E-state index contributed by atoms with van der Waals surface area (Å²) in [6, 6.07) is 11.0. The molecule has 1 fully saturated rings. The number of amides is 1. The van der Waals surface area contributed by atoms with E-state index in [2.05, 4.69) is 15.6 Å². The van der Waals surface area contributed by atoms with E-state index in [0.29, 0.717) is 11.4 Å². The molecule has 0 saturated carbocycles. The van der Waals surface area contributed by atoms with Crippen LogP contribution in [0.3, 0.4) is 0 Å². The van der Waals surface area contributed by atoms with Gasteiger partial charge in [0.15, 0.2) is 5.69 Å². The number of aryl methyl sites for hydroxylation is 1. The molecule has 1 saturated heterocycles. The molecule has 31 heavy (non-hydrogen) atoms. The molecule has 0 spiro atoms. The molecule has 3 aromatic rings. The van der Waals surface area contributed by atoms with Gasteiger partial charge >= 0.3 is 6.18 Å². The fourth-order valence-corrected chi connectivity index (χ4v) is 3.77. The second-order valence-electron chi connectivity index (χ2n) is 7.65. The first-order valence-corrected chi connectivity index (χ1v) is 10.0. The molecular formula is C22H22F3N5O. The first-order chi connectivity index (χ1) is 14.7. The quantitative estimate of drug-likeness (QED) is 0.650. The lowest BCUT2D eigenvalue weighted by atomic mass is 10.1. The van der Waals surface area contributed by atoms with Crippen LogP contribution in [0.2, 0.25) is 0 Å². The van der Waals surface area contributed by atoms with Crippen molar-refractivity contribution in [2.45, 2.75) is 32.9 Å². The zero-order valence-electron chi connectivity index (χ0n) is 17.2. The molecule has 1 aromatic heterocycles. The van der Waals surface area contributed by atoms with E-state index >= 15 is 0 Å². The molecule has 1 aliphatic heterocycles. The lowest BCUT2D eigenvalue weighted by Gasteiger charge is -2.22. The first-order valence-electron chi connectivity index (χ1n) is 10.0. The van der Waals surface area contributed by atoms with Crippen molar-refractivity contribution >= 4 is 17.3 Å². The number of nitrogens with one attached hydrogen (secondary N) is 1. The van der Waals surface area contributed by atoms with Gasteiger partial charge in [-0.05, 0) is 62.6 Å². The van der Waals surface area contributed by atoms with Crippen LogP contribution in [0, 0.1) is 13.8 Å². The lowest BCUT2D eigenvalue weighted by molar-refractivity contribution is -0.137. The third kappa shape index (κ3) is 4.26. The molecule has 2 heterocycles. The van der Waals surface area contributed by atoms with Crippen LogP contribution in [-0.2, 0) is 6.18 Å². The number of carbonyl (C=O) groups excluding carboxylic acids is 1. The van der Waals surface area contributed by atoms with E-state index in [-0.39, 0.29) is 11.4 Å². The topological polar surface area (TPSA) is 63.1 Å². The van der Waals surface area contributed by atoms with Gasteiger partial charge in [-0.15, -0.1) is 5.10 Å². The van der Waals surface area contributed by atoms with E-state index in [0.717, 1.165) is 49.3 Å². The number of aromatic nitrogens is 3. The summed E-state index contributed by atoms with van der Waals surface area (Å²) < 4.78 is 41.4. The maximum atomic E-state index is 13.3. The average Bonchev–Trinajstić information content (AvgIpc) is 3.37. The summed E-state index contributed by atoms with van der Waals surface area (Å²) in [4.78, 5) is 14.9. The van der Waals surface area contributed by atoms with Crippen molar-refractivity contribution in [2.24, 2.45) is 0 Å². The fraction of sp³-hybridized carbons (Fsp3) is 0.318. The number of hydrogen-bond acceptors (Lipinski definition) is 4. The van der Waals surface area contributed by atoms with Gasteiger partial charge in [-0.1, -0.05) is 17.3 Å². The Balaban J connectivity index is 1.66. The maximum Gasteiger partial charge on any atom is 0.416 e. The highest BCUT2D eigenvalue weighted by Crippen LogP contribution is 2.36. The van der Waals surface area contributed by atoms with E-state index in [4.69, 9.17) is 0 Å². The zero-order chi connectivity index (χ0) is 22.2. The third-order valence-electron chi connectivity index (χ3n) is 5.37. The maximum absolute atomic E-state index is 13.3. The summed E-state index contributed by atoms with van der Waals surface area (Å²) in [7, 11) is 0. The number of alkyl halides is 3. The molecule has 6 nitrogen and oxygen atoms in total. The Labute approximate surface area is 177 Å². The Morgan fingerprint density at radius 2 is 1.81 bits per heavy atom. The minimum Gasteiger partial charge on any atom is -0.370 e. The molecule has 4 rings (SSSR count). The number of anilines is 2. The highest BCUT2D eigenvalue weighted by Gasteiger charge is 2.32. The minimum atomic E-state index is -4.51. The molecular weight excluding hydrogens is 407 g/mol. The highest BCUT2D eigenvalue weighted by molar-refractivity contribution is 6.05. The second-order valence-corrected chi connectivity index (χ2v) is 7.65. The standard InChI is InChI=1S/C22H22F3N5O/c1-14-6-5-7-17(12-14)30-15(2)20(27-28-30)21(31)26-18-13-16(22(23,24)25)8-9-19(18)29-10-3-4-11-29/h5-9,12-13H,3-4,10-11H2,1-2H3,(H,26,31). The zero-order valence-corrected chi connectivity index (χ0v) is 17.2. The Morgan fingerprint density at radius 1 is 1.06 bits per heavy atom.